The molecule has 6 heteroatoms. The van der Waals surface area contributed by atoms with Gasteiger partial charge in [-0.05, 0) is 44.5 Å². The SMILES string of the molecule is CCN(C(=O)c1ccc(C#N)c(C)n1)[C@@H]1CCN(c2ccccc2)C1=O. The Labute approximate surface area is 152 Å². The van der Waals surface area contributed by atoms with Crippen molar-refractivity contribution in [1.82, 2.24) is 9.88 Å². The van der Waals surface area contributed by atoms with Gasteiger partial charge in [0.2, 0.25) is 5.91 Å². The zero-order chi connectivity index (χ0) is 18.7. The van der Waals surface area contributed by atoms with Crippen molar-refractivity contribution in [2.24, 2.45) is 0 Å². The zero-order valence-corrected chi connectivity index (χ0v) is 14.8. The number of para-hydroxylation sites is 1. The first-order chi connectivity index (χ1) is 12.6. The summed E-state index contributed by atoms with van der Waals surface area (Å²) in [5.41, 5.74) is 2.06. The van der Waals surface area contributed by atoms with Crippen LogP contribution < -0.4 is 4.90 Å². The van der Waals surface area contributed by atoms with Crippen LogP contribution in [0.2, 0.25) is 0 Å². The molecule has 0 N–H and O–H groups in total. The number of carbonyl (C=O) groups excluding carboxylic acids is 2. The summed E-state index contributed by atoms with van der Waals surface area (Å²) in [5.74, 6) is -0.356. The van der Waals surface area contributed by atoms with E-state index >= 15 is 0 Å². The molecule has 2 amide bonds. The summed E-state index contributed by atoms with van der Waals surface area (Å²) in [7, 11) is 0. The van der Waals surface area contributed by atoms with Crippen LogP contribution in [0.3, 0.4) is 0 Å². The van der Waals surface area contributed by atoms with Crippen LogP contribution in [0, 0.1) is 18.3 Å². The van der Waals surface area contributed by atoms with Crippen molar-refractivity contribution in [3.8, 4) is 6.07 Å². The predicted octanol–water partition coefficient (Wildman–Crippen LogP) is 2.53. The first kappa shape index (κ1) is 17.6. The zero-order valence-electron chi connectivity index (χ0n) is 14.8. The number of aromatic nitrogens is 1. The molecule has 26 heavy (non-hydrogen) atoms. The molecule has 1 fully saturated rings. The van der Waals surface area contributed by atoms with E-state index in [0.29, 0.717) is 30.8 Å². The molecule has 0 spiro atoms. The van der Waals surface area contributed by atoms with Gasteiger partial charge in [0.25, 0.3) is 5.91 Å². The molecule has 2 heterocycles. The molecule has 1 saturated heterocycles. The van der Waals surface area contributed by atoms with E-state index < -0.39 is 6.04 Å². The van der Waals surface area contributed by atoms with Crippen LogP contribution >= 0.6 is 0 Å². The Morgan fingerprint density at radius 1 is 1.31 bits per heavy atom. The lowest BCUT2D eigenvalue weighted by Gasteiger charge is -2.26. The van der Waals surface area contributed by atoms with Gasteiger partial charge in [-0.3, -0.25) is 9.59 Å². The first-order valence-electron chi connectivity index (χ1n) is 8.62. The van der Waals surface area contributed by atoms with Crippen LogP contribution in [0.4, 0.5) is 5.69 Å². The highest BCUT2D eigenvalue weighted by Gasteiger charge is 2.38. The lowest BCUT2D eigenvalue weighted by molar-refractivity contribution is -0.120. The van der Waals surface area contributed by atoms with Gasteiger partial charge in [-0.1, -0.05) is 18.2 Å². The first-order valence-corrected chi connectivity index (χ1v) is 8.62. The molecule has 1 aliphatic heterocycles. The van der Waals surface area contributed by atoms with Gasteiger partial charge < -0.3 is 9.80 Å². The Morgan fingerprint density at radius 2 is 2.04 bits per heavy atom. The molecule has 1 aromatic carbocycles. The molecule has 6 nitrogen and oxygen atoms in total. The minimum atomic E-state index is -0.495. The summed E-state index contributed by atoms with van der Waals surface area (Å²) in [6.07, 6.45) is 0.586. The Balaban J connectivity index is 1.83. The number of benzene rings is 1. The second-order valence-corrected chi connectivity index (χ2v) is 6.16. The second kappa shape index (κ2) is 7.36. The molecule has 2 aromatic rings. The maximum absolute atomic E-state index is 12.9. The van der Waals surface area contributed by atoms with Crippen molar-refractivity contribution in [3.05, 3.63) is 59.4 Å². The van der Waals surface area contributed by atoms with Gasteiger partial charge >= 0.3 is 0 Å². The molecule has 0 saturated carbocycles. The van der Waals surface area contributed by atoms with Crippen LogP contribution in [0.5, 0.6) is 0 Å². The lowest BCUT2D eigenvalue weighted by atomic mass is 10.1. The van der Waals surface area contributed by atoms with E-state index in [1.165, 1.54) is 0 Å². The van der Waals surface area contributed by atoms with E-state index in [0.717, 1.165) is 5.69 Å². The van der Waals surface area contributed by atoms with Gasteiger partial charge in [-0.2, -0.15) is 5.26 Å². The Morgan fingerprint density at radius 3 is 2.65 bits per heavy atom. The molecule has 0 radical (unpaired) electrons. The van der Waals surface area contributed by atoms with Crippen molar-refractivity contribution in [2.45, 2.75) is 26.3 Å². The minimum Gasteiger partial charge on any atom is -0.325 e. The maximum Gasteiger partial charge on any atom is 0.273 e. The summed E-state index contributed by atoms with van der Waals surface area (Å²) in [6, 6.07) is 14.2. The van der Waals surface area contributed by atoms with Gasteiger partial charge in [0.05, 0.1) is 11.3 Å². The van der Waals surface area contributed by atoms with Gasteiger partial charge in [0.15, 0.2) is 0 Å². The Bertz CT molecular complexity index is 873. The fourth-order valence-electron chi connectivity index (χ4n) is 3.27. The van der Waals surface area contributed by atoms with Crippen LogP contribution in [0.1, 0.15) is 35.1 Å². The molecule has 0 unspecified atom stereocenters. The number of rotatable bonds is 4. The van der Waals surface area contributed by atoms with Crippen molar-refractivity contribution >= 4 is 17.5 Å². The number of likely N-dealkylation sites (N-methyl/N-ethyl adjacent to an activating group) is 1. The average Bonchev–Trinajstić information content (AvgIpc) is 3.04. The van der Waals surface area contributed by atoms with Crippen molar-refractivity contribution in [2.75, 3.05) is 18.0 Å². The summed E-state index contributed by atoms with van der Waals surface area (Å²) < 4.78 is 0. The van der Waals surface area contributed by atoms with Crippen LogP contribution in [-0.4, -0.2) is 40.8 Å². The van der Waals surface area contributed by atoms with E-state index in [4.69, 9.17) is 5.26 Å². The quantitative estimate of drug-likeness (QED) is 0.851. The van der Waals surface area contributed by atoms with Crippen LogP contribution in [0.15, 0.2) is 42.5 Å². The van der Waals surface area contributed by atoms with Gasteiger partial charge in [-0.25, -0.2) is 4.98 Å². The molecular formula is C20H20N4O2. The van der Waals surface area contributed by atoms with Crippen molar-refractivity contribution in [1.29, 1.82) is 5.26 Å². The number of amides is 2. The lowest BCUT2D eigenvalue weighted by Crippen LogP contribution is -2.45. The molecular weight excluding hydrogens is 328 g/mol. The standard InChI is InChI=1S/C20H20N4O2/c1-3-23(19(25)17-10-9-15(13-21)14(2)22-17)18-11-12-24(20(18)26)16-7-5-4-6-8-16/h4-10,18H,3,11-12H2,1-2H3/t18-/m1/s1. The average molecular weight is 348 g/mol. The molecule has 0 bridgehead atoms. The largest absolute Gasteiger partial charge is 0.325 e. The normalized spacial score (nSPS) is 16.4. The van der Waals surface area contributed by atoms with E-state index in [-0.39, 0.29) is 17.5 Å². The van der Waals surface area contributed by atoms with Crippen molar-refractivity contribution in [3.63, 3.8) is 0 Å². The van der Waals surface area contributed by atoms with Crippen LogP contribution in [-0.2, 0) is 4.79 Å². The fraction of sp³-hybridized carbons (Fsp3) is 0.300. The minimum absolute atomic E-state index is 0.0724. The smallest absolute Gasteiger partial charge is 0.273 e. The Hall–Kier alpha value is -3.20. The number of pyridine rings is 1. The van der Waals surface area contributed by atoms with E-state index in [2.05, 4.69) is 4.98 Å². The molecule has 3 rings (SSSR count). The molecule has 0 aliphatic carbocycles. The number of nitrogens with zero attached hydrogens (tertiary/aromatic N) is 4. The topological polar surface area (TPSA) is 77.3 Å². The number of anilines is 1. The number of hydrogen-bond acceptors (Lipinski definition) is 4. The third-order valence-electron chi connectivity index (χ3n) is 4.65. The molecule has 132 valence electrons. The molecule has 1 aromatic heterocycles. The monoisotopic (exact) mass is 348 g/mol. The summed E-state index contributed by atoms with van der Waals surface area (Å²) >= 11 is 0. The summed E-state index contributed by atoms with van der Waals surface area (Å²) in [6.45, 7) is 4.55. The van der Waals surface area contributed by atoms with Gasteiger partial charge in [0, 0.05) is 18.8 Å². The molecule has 1 aliphatic rings. The number of nitriles is 1. The highest BCUT2D eigenvalue weighted by Crippen LogP contribution is 2.25. The van der Waals surface area contributed by atoms with Gasteiger partial charge in [0.1, 0.15) is 17.8 Å². The van der Waals surface area contributed by atoms with E-state index in [1.807, 2.05) is 43.3 Å². The maximum atomic E-state index is 12.9. The van der Waals surface area contributed by atoms with Crippen molar-refractivity contribution < 1.29 is 9.59 Å². The van der Waals surface area contributed by atoms with E-state index in [1.54, 1.807) is 28.9 Å². The number of hydrogen-bond donors (Lipinski definition) is 0. The third-order valence-corrected chi connectivity index (χ3v) is 4.65. The van der Waals surface area contributed by atoms with Gasteiger partial charge in [-0.15, -0.1) is 0 Å². The number of aryl methyl sites for hydroxylation is 1. The Kier molecular flexibility index (Phi) is 4.99. The fourth-order valence-corrected chi connectivity index (χ4v) is 3.27. The van der Waals surface area contributed by atoms with Crippen LogP contribution in [0.25, 0.3) is 0 Å². The highest BCUT2D eigenvalue weighted by molar-refractivity contribution is 6.03. The summed E-state index contributed by atoms with van der Waals surface area (Å²) in [5, 5.41) is 9.01. The summed E-state index contributed by atoms with van der Waals surface area (Å²) in [4.78, 5) is 33.3. The molecule has 1 atom stereocenters. The third kappa shape index (κ3) is 3.16. The predicted molar refractivity (Wildman–Crippen MR) is 97.6 cm³/mol. The number of carbonyl (C=O) groups is 2. The van der Waals surface area contributed by atoms with E-state index in [9.17, 15) is 9.59 Å². The second-order valence-electron chi connectivity index (χ2n) is 6.16. The highest BCUT2D eigenvalue weighted by atomic mass is 16.2.